The lowest BCUT2D eigenvalue weighted by Crippen LogP contribution is -2.39. The number of carboxylic acid groups (broad SMARTS) is 1. The van der Waals surface area contributed by atoms with Gasteiger partial charge in [0.05, 0.1) is 5.69 Å². The van der Waals surface area contributed by atoms with Crippen LogP contribution in [0.25, 0.3) is 0 Å². The van der Waals surface area contributed by atoms with Crippen LogP contribution in [0.3, 0.4) is 0 Å². The number of carbonyl (C=O) groups is 1. The first-order valence-electron chi connectivity index (χ1n) is 6.95. The second-order valence-corrected chi connectivity index (χ2v) is 5.36. The normalized spacial score (nSPS) is 20.6. The van der Waals surface area contributed by atoms with Crippen molar-refractivity contribution in [1.82, 2.24) is 10.1 Å². The Morgan fingerprint density at radius 2 is 2.26 bits per heavy atom. The van der Waals surface area contributed by atoms with Gasteiger partial charge in [0.1, 0.15) is 5.76 Å². The molecule has 2 heterocycles. The van der Waals surface area contributed by atoms with Crippen molar-refractivity contribution >= 4 is 5.97 Å². The van der Waals surface area contributed by atoms with Crippen molar-refractivity contribution in [3.05, 3.63) is 17.0 Å². The first-order valence-corrected chi connectivity index (χ1v) is 6.95. The zero-order valence-electron chi connectivity index (χ0n) is 11.7. The van der Waals surface area contributed by atoms with Crippen molar-refractivity contribution in [3.8, 4) is 0 Å². The number of aryl methyl sites for hydroxylation is 2. The van der Waals surface area contributed by atoms with E-state index in [1.165, 1.54) is 12.8 Å². The summed E-state index contributed by atoms with van der Waals surface area (Å²) < 4.78 is 5.20. The summed E-state index contributed by atoms with van der Waals surface area (Å²) in [6, 6.07) is 0.374. The molecule has 0 radical (unpaired) electrons. The summed E-state index contributed by atoms with van der Waals surface area (Å²) in [5, 5.41) is 12.8. The van der Waals surface area contributed by atoms with E-state index in [-0.39, 0.29) is 6.42 Å². The van der Waals surface area contributed by atoms with Crippen molar-refractivity contribution < 1.29 is 14.4 Å². The molecule has 1 aromatic rings. The molecule has 106 valence electrons. The zero-order chi connectivity index (χ0) is 13.8. The fraction of sp³-hybridized carbons (Fsp3) is 0.714. The van der Waals surface area contributed by atoms with Crippen molar-refractivity contribution in [1.29, 1.82) is 0 Å². The summed E-state index contributed by atoms with van der Waals surface area (Å²) in [4.78, 5) is 13.1. The molecule has 0 saturated carbocycles. The Balaban J connectivity index is 2.01. The fourth-order valence-electron chi connectivity index (χ4n) is 2.82. The van der Waals surface area contributed by atoms with Gasteiger partial charge >= 0.3 is 5.97 Å². The number of aromatic nitrogens is 1. The monoisotopic (exact) mass is 266 g/mol. The maximum Gasteiger partial charge on any atom is 0.303 e. The van der Waals surface area contributed by atoms with Crippen molar-refractivity contribution in [2.24, 2.45) is 0 Å². The molecule has 5 heteroatoms. The van der Waals surface area contributed by atoms with Gasteiger partial charge in [0.2, 0.25) is 0 Å². The van der Waals surface area contributed by atoms with Gasteiger partial charge in [-0.25, -0.2) is 0 Å². The molecule has 5 nitrogen and oxygen atoms in total. The average molecular weight is 266 g/mol. The molecule has 1 unspecified atom stereocenters. The summed E-state index contributed by atoms with van der Waals surface area (Å²) in [6.07, 6.45) is 4.47. The predicted octanol–water partition coefficient (Wildman–Crippen LogP) is 2.51. The molecule has 0 aliphatic carbocycles. The van der Waals surface area contributed by atoms with Gasteiger partial charge in [0, 0.05) is 24.6 Å². The van der Waals surface area contributed by atoms with Crippen molar-refractivity contribution in [3.63, 3.8) is 0 Å². The maximum atomic E-state index is 10.7. The summed E-state index contributed by atoms with van der Waals surface area (Å²) in [5.74, 6) is 0.169. The lowest BCUT2D eigenvalue weighted by molar-refractivity contribution is -0.137. The van der Waals surface area contributed by atoms with E-state index in [9.17, 15) is 4.79 Å². The molecule has 1 saturated heterocycles. The maximum absolute atomic E-state index is 10.7. The topological polar surface area (TPSA) is 66.6 Å². The fourth-order valence-corrected chi connectivity index (χ4v) is 2.82. The molecule has 2 rings (SSSR count). The second kappa shape index (κ2) is 6.19. The quantitative estimate of drug-likeness (QED) is 0.887. The van der Waals surface area contributed by atoms with E-state index in [4.69, 9.17) is 9.63 Å². The lowest BCUT2D eigenvalue weighted by Gasteiger charge is -2.35. The van der Waals surface area contributed by atoms with Crippen LogP contribution >= 0.6 is 0 Å². The smallest absolute Gasteiger partial charge is 0.303 e. The molecule has 1 N–H and O–H groups in total. The highest BCUT2D eigenvalue weighted by Crippen LogP contribution is 2.25. The van der Waals surface area contributed by atoms with Gasteiger partial charge in [-0.2, -0.15) is 0 Å². The van der Waals surface area contributed by atoms with E-state index in [0.717, 1.165) is 42.9 Å². The van der Waals surface area contributed by atoms with E-state index in [0.29, 0.717) is 6.04 Å². The summed E-state index contributed by atoms with van der Waals surface area (Å²) in [5.41, 5.74) is 2.10. The van der Waals surface area contributed by atoms with Crippen LogP contribution < -0.4 is 0 Å². The average Bonchev–Trinajstić information content (AvgIpc) is 2.69. The third-order valence-electron chi connectivity index (χ3n) is 3.98. The van der Waals surface area contributed by atoms with Crippen LogP contribution in [0.5, 0.6) is 0 Å². The van der Waals surface area contributed by atoms with E-state index >= 15 is 0 Å². The number of aliphatic carboxylic acids is 1. The van der Waals surface area contributed by atoms with Gasteiger partial charge in [-0.3, -0.25) is 9.69 Å². The zero-order valence-corrected chi connectivity index (χ0v) is 11.7. The highest BCUT2D eigenvalue weighted by molar-refractivity contribution is 5.66. The molecule has 1 atom stereocenters. The third-order valence-corrected chi connectivity index (χ3v) is 3.98. The molecule has 1 aliphatic rings. The number of likely N-dealkylation sites (tertiary alicyclic amines) is 1. The van der Waals surface area contributed by atoms with Gasteiger partial charge in [0.15, 0.2) is 0 Å². The van der Waals surface area contributed by atoms with Crippen LogP contribution in [-0.2, 0) is 11.3 Å². The Bertz CT molecular complexity index is 422. The minimum Gasteiger partial charge on any atom is -0.481 e. The number of nitrogens with zero attached hydrogens (tertiary/aromatic N) is 2. The lowest BCUT2D eigenvalue weighted by atomic mass is 9.97. The van der Waals surface area contributed by atoms with E-state index in [1.54, 1.807) is 0 Å². The molecule has 1 aliphatic heterocycles. The number of hydrogen-bond acceptors (Lipinski definition) is 4. The molecule has 1 aromatic heterocycles. The Kier molecular flexibility index (Phi) is 4.58. The van der Waals surface area contributed by atoms with Crippen LogP contribution in [0, 0.1) is 13.8 Å². The molecule has 19 heavy (non-hydrogen) atoms. The minimum absolute atomic E-state index is 0.253. The van der Waals surface area contributed by atoms with Gasteiger partial charge in [-0.05, 0) is 39.7 Å². The predicted molar refractivity (Wildman–Crippen MR) is 70.9 cm³/mol. The van der Waals surface area contributed by atoms with Gasteiger partial charge in [-0.1, -0.05) is 11.6 Å². The van der Waals surface area contributed by atoms with Crippen LogP contribution in [0.1, 0.15) is 49.1 Å². The largest absolute Gasteiger partial charge is 0.481 e. The van der Waals surface area contributed by atoms with Crippen molar-refractivity contribution in [2.75, 3.05) is 6.54 Å². The molecule has 0 aromatic carbocycles. The molecular formula is C14H22N2O3. The van der Waals surface area contributed by atoms with Gasteiger partial charge in [-0.15, -0.1) is 0 Å². The van der Waals surface area contributed by atoms with Crippen LogP contribution in [0.15, 0.2) is 4.52 Å². The highest BCUT2D eigenvalue weighted by Gasteiger charge is 2.24. The Morgan fingerprint density at radius 1 is 1.47 bits per heavy atom. The van der Waals surface area contributed by atoms with Crippen LogP contribution in [0.4, 0.5) is 0 Å². The molecule has 0 amide bonds. The summed E-state index contributed by atoms with van der Waals surface area (Å²) in [7, 11) is 0. The molecule has 0 bridgehead atoms. The number of rotatable bonds is 5. The Hall–Kier alpha value is -1.36. The Labute approximate surface area is 113 Å². The number of carboxylic acids is 1. The number of piperidine rings is 1. The summed E-state index contributed by atoms with van der Waals surface area (Å²) >= 11 is 0. The molecule has 0 spiro atoms. The highest BCUT2D eigenvalue weighted by atomic mass is 16.5. The van der Waals surface area contributed by atoms with E-state index in [1.807, 2.05) is 13.8 Å². The van der Waals surface area contributed by atoms with Gasteiger partial charge in [0.25, 0.3) is 0 Å². The Morgan fingerprint density at radius 3 is 2.89 bits per heavy atom. The molecule has 1 fully saturated rings. The molecular weight excluding hydrogens is 244 g/mol. The first-order chi connectivity index (χ1) is 9.08. The van der Waals surface area contributed by atoms with Crippen molar-refractivity contribution in [2.45, 2.75) is 58.5 Å². The van der Waals surface area contributed by atoms with Crippen LogP contribution in [0.2, 0.25) is 0 Å². The number of hydrogen-bond donors (Lipinski definition) is 1. The standard InChI is InChI=1S/C14H22N2O3/c1-10-13(11(2)19-15-10)9-16-8-4-3-5-12(16)6-7-14(17)18/h12H,3-9H2,1-2H3,(H,17,18). The second-order valence-electron chi connectivity index (χ2n) is 5.36. The third kappa shape index (κ3) is 3.56. The van der Waals surface area contributed by atoms with E-state index < -0.39 is 5.97 Å². The SMILES string of the molecule is Cc1noc(C)c1CN1CCCCC1CCC(=O)O. The van der Waals surface area contributed by atoms with E-state index in [2.05, 4.69) is 10.1 Å². The van der Waals surface area contributed by atoms with Crippen LogP contribution in [-0.4, -0.2) is 33.7 Å². The van der Waals surface area contributed by atoms with Gasteiger partial charge < -0.3 is 9.63 Å². The summed E-state index contributed by atoms with van der Waals surface area (Å²) in [6.45, 7) is 5.76. The first kappa shape index (κ1) is 14.1. The minimum atomic E-state index is -0.706.